The molecule has 5 aliphatic carbocycles. The fourth-order valence-electron chi connectivity index (χ4n) is 12.3. The number of rotatable bonds is 3. The van der Waals surface area contributed by atoms with Crippen molar-refractivity contribution in [2.45, 2.75) is 142 Å². The van der Waals surface area contributed by atoms with Gasteiger partial charge in [0.2, 0.25) is 0 Å². The van der Waals surface area contributed by atoms with Gasteiger partial charge >= 0.3 is 0 Å². The number of allylic oxidation sites excluding steroid dienone is 2. The first-order valence-electron chi connectivity index (χ1n) is 16.6. The molecule has 5 fully saturated rings. The van der Waals surface area contributed by atoms with Crippen molar-refractivity contribution in [3.63, 3.8) is 0 Å². The predicted octanol–water partition coefficient (Wildman–Crippen LogP) is 3.57. The summed E-state index contributed by atoms with van der Waals surface area (Å²) < 4.78 is 5.97. The molecular formula is C34H56O7. The Kier molecular flexibility index (Phi) is 7.62. The maximum Gasteiger partial charge on any atom is 0.113 e. The second-order valence-electron chi connectivity index (χ2n) is 16.4. The highest BCUT2D eigenvalue weighted by molar-refractivity contribution is 5.30. The molecule has 0 amide bonds. The number of ether oxygens (including phenoxy) is 1. The van der Waals surface area contributed by atoms with Gasteiger partial charge in [-0.2, -0.15) is 0 Å². The lowest BCUT2D eigenvalue weighted by atomic mass is 9.36. The average Bonchev–Trinajstić information content (AvgIpc) is 2.93. The Balaban J connectivity index is 1.35. The summed E-state index contributed by atoms with van der Waals surface area (Å²) in [4.78, 5) is 0. The third kappa shape index (κ3) is 4.15. The minimum atomic E-state index is -1.48. The van der Waals surface area contributed by atoms with Gasteiger partial charge in [-0.1, -0.05) is 59.1 Å². The third-order valence-corrected chi connectivity index (χ3v) is 14.4. The second kappa shape index (κ2) is 10.3. The van der Waals surface area contributed by atoms with Gasteiger partial charge in [-0.15, -0.1) is 0 Å². The fraction of sp³-hybridized carbons (Fsp3) is 0.941. The van der Waals surface area contributed by atoms with Crippen LogP contribution in [0.5, 0.6) is 0 Å². The largest absolute Gasteiger partial charge is 0.394 e. The van der Waals surface area contributed by atoms with E-state index in [-0.39, 0.29) is 28.3 Å². The van der Waals surface area contributed by atoms with Crippen LogP contribution < -0.4 is 0 Å². The molecule has 0 radical (unpaired) electrons. The van der Waals surface area contributed by atoms with Gasteiger partial charge in [0.1, 0.15) is 30.5 Å². The Morgan fingerprint density at radius 3 is 2.27 bits per heavy atom. The number of hydrogen-bond donors (Lipinski definition) is 6. The van der Waals surface area contributed by atoms with Gasteiger partial charge < -0.3 is 35.4 Å². The Hall–Kier alpha value is -0.540. The molecule has 0 aromatic heterocycles. The van der Waals surface area contributed by atoms with Gasteiger partial charge in [0.05, 0.1) is 18.8 Å². The molecule has 0 aromatic carbocycles. The van der Waals surface area contributed by atoms with E-state index in [0.717, 1.165) is 57.8 Å². The summed E-state index contributed by atoms with van der Waals surface area (Å²) in [5, 5.41) is 64.8. The Labute approximate surface area is 246 Å². The van der Waals surface area contributed by atoms with Crippen molar-refractivity contribution in [3.8, 4) is 0 Å². The van der Waals surface area contributed by atoms with Crippen LogP contribution in [-0.4, -0.2) is 80.0 Å². The molecule has 234 valence electrons. The first kappa shape index (κ1) is 30.5. The molecule has 0 spiro atoms. The van der Waals surface area contributed by atoms with Crippen molar-refractivity contribution in [2.75, 3.05) is 6.61 Å². The topological polar surface area (TPSA) is 131 Å². The molecule has 6 rings (SSSR count). The van der Waals surface area contributed by atoms with Gasteiger partial charge in [0.25, 0.3) is 0 Å². The highest BCUT2D eigenvalue weighted by atomic mass is 16.6. The zero-order valence-corrected chi connectivity index (χ0v) is 25.9. The molecular weight excluding hydrogens is 520 g/mol. The minimum Gasteiger partial charge on any atom is -0.394 e. The van der Waals surface area contributed by atoms with Crippen molar-refractivity contribution in [1.29, 1.82) is 0 Å². The van der Waals surface area contributed by atoms with Gasteiger partial charge in [0, 0.05) is 5.41 Å². The maximum atomic E-state index is 12.1. The smallest absolute Gasteiger partial charge is 0.113 e. The third-order valence-electron chi connectivity index (χ3n) is 14.4. The molecule has 6 aliphatic rings. The quantitative estimate of drug-likeness (QED) is 0.283. The van der Waals surface area contributed by atoms with Crippen molar-refractivity contribution in [1.82, 2.24) is 0 Å². The van der Waals surface area contributed by atoms with Crippen LogP contribution in [0.2, 0.25) is 0 Å². The van der Waals surface area contributed by atoms with Crippen LogP contribution in [0.15, 0.2) is 11.6 Å². The van der Waals surface area contributed by atoms with E-state index < -0.39 is 48.6 Å². The lowest BCUT2D eigenvalue weighted by Crippen LogP contribution is -2.67. The average molecular weight is 577 g/mol. The lowest BCUT2D eigenvalue weighted by Gasteiger charge is -2.68. The number of fused-ring (bicyclic) bond motifs is 7. The molecule has 6 N–H and O–H groups in total. The van der Waals surface area contributed by atoms with Gasteiger partial charge in [-0.05, 0) is 97.2 Å². The van der Waals surface area contributed by atoms with E-state index >= 15 is 0 Å². The van der Waals surface area contributed by atoms with Crippen LogP contribution in [0.4, 0.5) is 0 Å². The Bertz CT molecular complexity index is 1030. The SMILES string of the molecule is C[C@H]1CCC[C@]2(C(O)[C@@H]3OC(CO)[C@@H](O)C(O)C3O)CCC3C(=CCC4[C@@]3(C)CCC3C(C)(C)[C@@H](O)CC[C@@]34C)C12. The lowest BCUT2D eigenvalue weighted by molar-refractivity contribution is -0.270. The molecule has 4 saturated carbocycles. The second-order valence-corrected chi connectivity index (χ2v) is 16.4. The summed E-state index contributed by atoms with van der Waals surface area (Å²) in [7, 11) is 0. The summed E-state index contributed by atoms with van der Waals surface area (Å²) in [6, 6.07) is 0. The van der Waals surface area contributed by atoms with E-state index in [9.17, 15) is 30.6 Å². The standard InChI is InChI=1S/C34H56O7/c1-18-7-6-13-34(30(40)29-28(39)27(38)26(37)21(17-35)41-29)16-10-20-19(25(18)34)8-9-23-32(20,4)14-11-22-31(2,3)24(36)12-15-33(22,23)5/h8,18,20-30,35-40H,6-7,9-17H2,1-5H3/t18-,20?,21?,22?,23?,24-,25?,26+,27?,28?,29+,30?,32-,33-,34-/m0/s1. The number of aliphatic hydroxyl groups is 6. The summed E-state index contributed by atoms with van der Waals surface area (Å²) in [5.41, 5.74) is 1.32. The fourth-order valence-corrected chi connectivity index (χ4v) is 12.3. The first-order chi connectivity index (χ1) is 19.2. The molecule has 7 heteroatoms. The van der Waals surface area contributed by atoms with E-state index in [4.69, 9.17) is 4.74 Å². The molecule has 7 nitrogen and oxygen atoms in total. The van der Waals surface area contributed by atoms with Crippen molar-refractivity contribution in [2.24, 2.45) is 51.2 Å². The summed E-state index contributed by atoms with van der Waals surface area (Å²) >= 11 is 0. The maximum absolute atomic E-state index is 12.1. The van der Waals surface area contributed by atoms with Crippen LogP contribution in [0.25, 0.3) is 0 Å². The van der Waals surface area contributed by atoms with Gasteiger partial charge in [-0.25, -0.2) is 0 Å². The molecule has 15 atom stereocenters. The number of aliphatic hydroxyl groups excluding tert-OH is 6. The molecule has 8 unspecified atom stereocenters. The normalized spacial score (nSPS) is 55.5. The minimum absolute atomic E-state index is 0.0760. The van der Waals surface area contributed by atoms with E-state index in [1.807, 2.05) is 0 Å². The molecule has 1 aliphatic heterocycles. The predicted molar refractivity (Wildman–Crippen MR) is 156 cm³/mol. The van der Waals surface area contributed by atoms with Crippen molar-refractivity contribution < 1.29 is 35.4 Å². The molecule has 41 heavy (non-hydrogen) atoms. The monoisotopic (exact) mass is 576 g/mol. The molecule has 0 aromatic rings. The van der Waals surface area contributed by atoms with Crippen molar-refractivity contribution in [3.05, 3.63) is 11.6 Å². The van der Waals surface area contributed by atoms with Crippen LogP contribution in [0.1, 0.15) is 98.8 Å². The van der Waals surface area contributed by atoms with E-state index in [1.54, 1.807) is 0 Å². The van der Waals surface area contributed by atoms with Crippen LogP contribution >= 0.6 is 0 Å². The van der Waals surface area contributed by atoms with E-state index in [0.29, 0.717) is 23.7 Å². The summed E-state index contributed by atoms with van der Waals surface area (Å²) in [6.07, 6.45) is 4.99. The van der Waals surface area contributed by atoms with Crippen LogP contribution in [0, 0.1) is 51.2 Å². The zero-order chi connectivity index (χ0) is 29.7. The summed E-state index contributed by atoms with van der Waals surface area (Å²) in [5.74, 6) is 2.08. The first-order valence-corrected chi connectivity index (χ1v) is 16.6. The van der Waals surface area contributed by atoms with E-state index in [1.165, 1.54) is 12.0 Å². The zero-order valence-electron chi connectivity index (χ0n) is 25.9. The number of hydrogen-bond acceptors (Lipinski definition) is 7. The summed E-state index contributed by atoms with van der Waals surface area (Å²) in [6.45, 7) is 11.5. The molecule has 0 bridgehead atoms. The van der Waals surface area contributed by atoms with Crippen LogP contribution in [-0.2, 0) is 4.74 Å². The van der Waals surface area contributed by atoms with Gasteiger partial charge in [0.15, 0.2) is 0 Å². The highest BCUT2D eigenvalue weighted by Crippen LogP contribution is 2.72. The molecule has 1 saturated heterocycles. The van der Waals surface area contributed by atoms with Crippen LogP contribution in [0.3, 0.4) is 0 Å². The Morgan fingerprint density at radius 2 is 1.56 bits per heavy atom. The van der Waals surface area contributed by atoms with Crippen molar-refractivity contribution >= 4 is 0 Å². The molecule has 1 heterocycles. The van der Waals surface area contributed by atoms with E-state index in [2.05, 4.69) is 40.7 Å². The highest BCUT2D eigenvalue weighted by Gasteiger charge is 2.66. The van der Waals surface area contributed by atoms with Gasteiger partial charge in [-0.3, -0.25) is 0 Å². The Morgan fingerprint density at radius 1 is 0.854 bits per heavy atom.